The molecule has 0 unspecified atom stereocenters. The van der Waals surface area contributed by atoms with Crippen LogP contribution in [0.2, 0.25) is 0 Å². The van der Waals surface area contributed by atoms with Gasteiger partial charge >= 0.3 is 13.8 Å². The highest BCUT2D eigenvalue weighted by molar-refractivity contribution is 7.45. The van der Waals surface area contributed by atoms with E-state index in [1.54, 1.807) is 0 Å². The van der Waals surface area contributed by atoms with Crippen LogP contribution in [-0.4, -0.2) is 32.3 Å². The lowest BCUT2D eigenvalue weighted by Gasteiger charge is -2.01. The smallest absolute Gasteiger partial charge is 0.466 e. The van der Waals surface area contributed by atoms with Crippen LogP contribution in [0.1, 0.15) is 64.2 Å². The molecule has 0 fully saturated rings. The molecule has 0 amide bonds. The van der Waals surface area contributed by atoms with Crippen LogP contribution >= 0.6 is 7.82 Å². The monoisotopic (exact) mass is 313 g/mol. The lowest BCUT2D eigenvalue weighted by molar-refractivity contribution is -0.137. The Hall–Kier alpha value is -0.460. The number of carboxylic acid groups (broad SMARTS) is 1. The molecule has 0 aromatic heterocycles. The molecular weight excluding hydrogens is 285 g/mol. The third-order valence-corrected chi connectivity index (χ3v) is 2.59. The highest BCUT2D eigenvalue weighted by Gasteiger charge is 2.00. The second-order valence-corrected chi connectivity index (χ2v) is 5.65. The van der Waals surface area contributed by atoms with Gasteiger partial charge in [-0.3, -0.25) is 4.79 Å². The zero-order chi connectivity index (χ0) is 15.9. The predicted molar refractivity (Wildman–Crippen MR) is 77.1 cm³/mol. The number of carboxylic acids is 1. The third kappa shape index (κ3) is 36.0. The maximum absolute atomic E-state index is 10.2. The Bertz CT molecular complexity index is 260. The van der Waals surface area contributed by atoms with Crippen LogP contribution in [0.25, 0.3) is 0 Å². The first kappa shape index (κ1) is 21.8. The lowest BCUT2D eigenvalue weighted by atomic mass is 10.1. The average molecular weight is 313 g/mol. The number of hydrogen-bond donors (Lipinski definition) is 5. The Balaban J connectivity index is 0. The number of aliphatic carboxylic acids is 1. The quantitative estimate of drug-likeness (QED) is 0.290. The molecule has 0 heterocycles. The minimum absolute atomic E-state index is 0.330. The van der Waals surface area contributed by atoms with E-state index in [1.165, 1.54) is 38.5 Å². The Labute approximate surface area is 120 Å². The maximum Gasteiger partial charge on any atom is 0.466 e. The summed E-state index contributed by atoms with van der Waals surface area (Å²) < 4.78 is 8.88. The molecule has 7 nitrogen and oxygen atoms in total. The van der Waals surface area contributed by atoms with Gasteiger partial charge in [0, 0.05) is 6.42 Å². The van der Waals surface area contributed by atoms with Crippen molar-refractivity contribution in [3.63, 3.8) is 0 Å². The molecule has 0 aliphatic carbocycles. The fraction of sp³-hybridized carbons (Fsp3) is 0.917. The van der Waals surface area contributed by atoms with Gasteiger partial charge in [0.1, 0.15) is 0 Å². The molecule has 8 heteroatoms. The molecule has 122 valence electrons. The van der Waals surface area contributed by atoms with Crippen molar-refractivity contribution in [2.75, 3.05) is 6.54 Å². The number of unbranched alkanes of at least 4 members (excludes halogenated alkanes) is 8. The fourth-order valence-electron chi connectivity index (χ4n) is 1.66. The van der Waals surface area contributed by atoms with Crippen molar-refractivity contribution in [3.05, 3.63) is 0 Å². The van der Waals surface area contributed by atoms with E-state index in [2.05, 4.69) is 0 Å². The standard InChI is InChI=1S/C12H25NO2.H3O4P/c13-11-9-7-5-3-1-2-4-6-8-10-12(14)15;1-5(2,3)4/h1-11,13H2,(H,14,15);(H3,1,2,3,4). The molecule has 0 saturated heterocycles. The molecule has 0 aliphatic rings. The molecule has 6 N–H and O–H groups in total. The normalized spacial score (nSPS) is 10.8. The largest absolute Gasteiger partial charge is 0.481 e. The van der Waals surface area contributed by atoms with Crippen LogP contribution in [0.3, 0.4) is 0 Å². The Morgan fingerprint density at radius 1 is 0.800 bits per heavy atom. The summed E-state index contributed by atoms with van der Waals surface area (Å²) in [7, 11) is -4.64. The summed E-state index contributed by atoms with van der Waals surface area (Å²) in [6, 6.07) is 0. The van der Waals surface area contributed by atoms with Crippen molar-refractivity contribution in [2.45, 2.75) is 64.2 Å². The second kappa shape index (κ2) is 14.9. The summed E-state index contributed by atoms with van der Waals surface area (Å²) in [6.45, 7) is 0.815. The highest BCUT2D eigenvalue weighted by atomic mass is 31.2. The van der Waals surface area contributed by atoms with Crippen molar-refractivity contribution >= 4 is 13.8 Å². The molecule has 0 atom stereocenters. The summed E-state index contributed by atoms with van der Waals surface area (Å²) >= 11 is 0. The molecule has 0 rings (SSSR count). The van der Waals surface area contributed by atoms with Crippen molar-refractivity contribution in [1.82, 2.24) is 0 Å². The maximum atomic E-state index is 10.2. The molecule has 0 aliphatic heterocycles. The zero-order valence-electron chi connectivity index (χ0n) is 11.9. The van der Waals surface area contributed by atoms with Crippen LogP contribution < -0.4 is 5.73 Å². The van der Waals surface area contributed by atoms with Crippen molar-refractivity contribution in [2.24, 2.45) is 5.73 Å². The van der Waals surface area contributed by atoms with Gasteiger partial charge in [0.15, 0.2) is 0 Å². The predicted octanol–water partition coefficient (Wildman–Crippen LogP) is 2.00. The Morgan fingerprint density at radius 3 is 1.40 bits per heavy atom. The summed E-state index contributed by atoms with van der Waals surface area (Å²) in [5.74, 6) is -0.670. The van der Waals surface area contributed by atoms with Gasteiger partial charge in [0.05, 0.1) is 0 Å². The van der Waals surface area contributed by atoms with E-state index in [-0.39, 0.29) is 0 Å². The molecule has 0 radical (unpaired) electrons. The first-order valence-corrected chi connectivity index (χ1v) is 8.54. The second-order valence-electron chi connectivity index (χ2n) is 4.63. The first-order chi connectivity index (χ1) is 9.27. The zero-order valence-corrected chi connectivity index (χ0v) is 12.8. The summed E-state index contributed by atoms with van der Waals surface area (Å²) in [6.07, 6.45) is 11.0. The van der Waals surface area contributed by atoms with E-state index >= 15 is 0 Å². The minimum atomic E-state index is -4.64. The highest BCUT2D eigenvalue weighted by Crippen LogP contribution is 2.25. The number of phosphoric acid groups is 1. The van der Waals surface area contributed by atoms with Crippen LogP contribution in [-0.2, 0) is 9.36 Å². The SMILES string of the molecule is NCCCCCCCCCCCC(=O)O.O=P(O)(O)O. The van der Waals surface area contributed by atoms with Gasteiger partial charge in [-0.25, -0.2) is 4.57 Å². The number of carbonyl (C=O) groups is 1. The molecular formula is C12H28NO6P. The van der Waals surface area contributed by atoms with Gasteiger partial charge < -0.3 is 25.5 Å². The molecule has 0 aromatic carbocycles. The van der Waals surface area contributed by atoms with Crippen LogP contribution in [0.5, 0.6) is 0 Å². The van der Waals surface area contributed by atoms with Crippen LogP contribution in [0.15, 0.2) is 0 Å². The summed E-state index contributed by atoms with van der Waals surface area (Å²) in [5, 5.41) is 8.43. The molecule has 0 spiro atoms. The van der Waals surface area contributed by atoms with Crippen molar-refractivity contribution in [3.8, 4) is 0 Å². The molecule has 0 bridgehead atoms. The van der Waals surface area contributed by atoms with E-state index in [0.29, 0.717) is 6.42 Å². The van der Waals surface area contributed by atoms with Gasteiger partial charge in [0.25, 0.3) is 0 Å². The van der Waals surface area contributed by atoms with Crippen molar-refractivity contribution < 1.29 is 29.1 Å². The molecule has 0 aromatic rings. The van der Waals surface area contributed by atoms with E-state index in [4.69, 9.17) is 30.1 Å². The van der Waals surface area contributed by atoms with Crippen LogP contribution in [0, 0.1) is 0 Å². The number of rotatable bonds is 11. The van der Waals surface area contributed by atoms with Gasteiger partial charge in [-0.15, -0.1) is 0 Å². The topological polar surface area (TPSA) is 141 Å². The summed E-state index contributed by atoms with van der Waals surface area (Å²) in [5.41, 5.74) is 5.40. The fourth-order valence-corrected chi connectivity index (χ4v) is 1.66. The van der Waals surface area contributed by atoms with Gasteiger partial charge in [-0.05, 0) is 19.4 Å². The average Bonchev–Trinajstić information content (AvgIpc) is 2.29. The molecule has 0 saturated carbocycles. The van der Waals surface area contributed by atoms with Gasteiger partial charge in [0.2, 0.25) is 0 Å². The van der Waals surface area contributed by atoms with E-state index in [0.717, 1.165) is 25.8 Å². The van der Waals surface area contributed by atoms with Crippen LogP contribution in [0.4, 0.5) is 0 Å². The molecule has 20 heavy (non-hydrogen) atoms. The number of hydrogen-bond acceptors (Lipinski definition) is 3. The number of nitrogens with two attached hydrogens (primary N) is 1. The van der Waals surface area contributed by atoms with E-state index in [1.807, 2.05) is 0 Å². The Kier molecular flexibility index (Phi) is 16.3. The first-order valence-electron chi connectivity index (χ1n) is 6.97. The minimum Gasteiger partial charge on any atom is -0.481 e. The Morgan fingerprint density at radius 2 is 1.10 bits per heavy atom. The van der Waals surface area contributed by atoms with Gasteiger partial charge in [-0.2, -0.15) is 0 Å². The lowest BCUT2D eigenvalue weighted by Crippen LogP contribution is -1.97. The van der Waals surface area contributed by atoms with Gasteiger partial charge in [-0.1, -0.05) is 44.9 Å². The third-order valence-electron chi connectivity index (χ3n) is 2.59. The van der Waals surface area contributed by atoms with Crippen molar-refractivity contribution in [1.29, 1.82) is 0 Å². The van der Waals surface area contributed by atoms with E-state index in [9.17, 15) is 4.79 Å². The summed E-state index contributed by atoms with van der Waals surface area (Å²) in [4.78, 5) is 31.8. The van der Waals surface area contributed by atoms with E-state index < -0.39 is 13.8 Å².